The van der Waals surface area contributed by atoms with Gasteiger partial charge in [0.25, 0.3) is 0 Å². The minimum absolute atomic E-state index is 0.0580. The molecule has 164 valence electrons. The maximum absolute atomic E-state index is 2.29. The molecule has 4 rings (SSSR count). The minimum Gasteiger partial charge on any atom is -0.0614 e. The predicted octanol–water partition coefficient (Wildman–Crippen LogP) is 8.97. The average molecular weight is 429 g/mol. The molecular weight excluding hydrogens is 396 g/mol. The van der Waals surface area contributed by atoms with Crippen molar-refractivity contribution in [2.75, 3.05) is 0 Å². The van der Waals surface area contributed by atoms with Crippen LogP contribution < -0.4 is 0 Å². The summed E-state index contributed by atoms with van der Waals surface area (Å²) in [6.45, 7) is 8.84. The number of benzene rings is 4. The molecule has 0 amide bonds. The van der Waals surface area contributed by atoms with Crippen molar-refractivity contribution in [1.29, 1.82) is 0 Å². The maximum Gasteiger partial charge on any atom is 0.0146 e. The van der Waals surface area contributed by atoms with Crippen LogP contribution in [0.4, 0.5) is 0 Å². The lowest BCUT2D eigenvalue weighted by atomic mass is 9.78. The van der Waals surface area contributed by atoms with Gasteiger partial charge in [-0.3, -0.25) is 0 Å². The van der Waals surface area contributed by atoms with Gasteiger partial charge in [-0.2, -0.15) is 0 Å². The van der Waals surface area contributed by atoms with E-state index in [-0.39, 0.29) is 5.41 Å². The van der Waals surface area contributed by atoms with Gasteiger partial charge in [0.2, 0.25) is 0 Å². The first-order valence-electron chi connectivity index (χ1n) is 11.6. The van der Waals surface area contributed by atoms with Crippen molar-refractivity contribution in [3.63, 3.8) is 0 Å². The molecule has 0 aliphatic heterocycles. The van der Waals surface area contributed by atoms with E-state index in [1.807, 2.05) is 0 Å². The fraction of sp³-hybridized carbons (Fsp3) is 0.152. The SMILES string of the molecule is Cc1cccc(C=Cc2ccc(C(C)(C)c3ccc(C=Cc4cccc(C)c4)cc3)cc2)c1. The Bertz CT molecular complexity index is 1170. The lowest BCUT2D eigenvalue weighted by molar-refractivity contribution is 0.641. The molecule has 0 saturated heterocycles. The van der Waals surface area contributed by atoms with E-state index in [1.54, 1.807) is 0 Å². The van der Waals surface area contributed by atoms with Crippen molar-refractivity contribution in [3.8, 4) is 0 Å². The first kappa shape index (κ1) is 22.6. The molecule has 33 heavy (non-hydrogen) atoms. The van der Waals surface area contributed by atoms with Crippen molar-refractivity contribution >= 4 is 24.3 Å². The van der Waals surface area contributed by atoms with Gasteiger partial charge in [0.05, 0.1) is 0 Å². The van der Waals surface area contributed by atoms with Crippen LogP contribution in [0.25, 0.3) is 24.3 Å². The third-order valence-electron chi connectivity index (χ3n) is 6.29. The van der Waals surface area contributed by atoms with E-state index in [4.69, 9.17) is 0 Å². The van der Waals surface area contributed by atoms with Crippen LogP contribution in [0.15, 0.2) is 97.1 Å². The molecule has 0 bridgehead atoms. The smallest absolute Gasteiger partial charge is 0.0146 e. The summed E-state index contributed by atoms with van der Waals surface area (Å²) in [5.74, 6) is 0. The lowest BCUT2D eigenvalue weighted by Gasteiger charge is -2.26. The Morgan fingerprint density at radius 2 is 0.818 bits per heavy atom. The Kier molecular flexibility index (Phi) is 6.75. The molecule has 0 saturated carbocycles. The number of aryl methyl sites for hydroxylation is 2. The van der Waals surface area contributed by atoms with Gasteiger partial charge in [-0.05, 0) is 47.2 Å². The third-order valence-corrected chi connectivity index (χ3v) is 6.29. The van der Waals surface area contributed by atoms with E-state index in [1.165, 1.54) is 44.5 Å². The van der Waals surface area contributed by atoms with Crippen LogP contribution in [0.2, 0.25) is 0 Å². The second kappa shape index (κ2) is 9.88. The van der Waals surface area contributed by atoms with Gasteiger partial charge >= 0.3 is 0 Å². The first-order chi connectivity index (χ1) is 15.9. The molecule has 0 nitrogen and oxygen atoms in total. The zero-order valence-corrected chi connectivity index (χ0v) is 20.0. The molecule has 0 spiro atoms. The molecule has 0 atom stereocenters. The summed E-state index contributed by atoms with van der Waals surface area (Å²) in [5.41, 5.74) is 10.0. The largest absolute Gasteiger partial charge is 0.0614 e. The number of rotatable bonds is 6. The highest BCUT2D eigenvalue weighted by Gasteiger charge is 2.22. The topological polar surface area (TPSA) is 0 Å². The highest BCUT2D eigenvalue weighted by Crippen LogP contribution is 2.32. The Balaban J connectivity index is 1.47. The maximum atomic E-state index is 2.29. The molecule has 0 aliphatic rings. The molecule has 0 aromatic heterocycles. The Hall–Kier alpha value is -3.64. The summed E-state index contributed by atoms with van der Waals surface area (Å²) in [6.07, 6.45) is 8.72. The summed E-state index contributed by atoms with van der Waals surface area (Å²) in [5, 5.41) is 0. The molecule has 0 heteroatoms. The fourth-order valence-electron chi connectivity index (χ4n) is 4.12. The van der Waals surface area contributed by atoms with Gasteiger partial charge in [-0.15, -0.1) is 0 Å². The average Bonchev–Trinajstić information content (AvgIpc) is 2.82. The van der Waals surface area contributed by atoms with E-state index in [0.717, 1.165) is 0 Å². The Labute approximate surface area is 199 Å². The normalized spacial score (nSPS) is 12.0. The minimum atomic E-state index is -0.0580. The van der Waals surface area contributed by atoms with Crippen LogP contribution in [0.1, 0.15) is 58.4 Å². The molecule has 4 aromatic carbocycles. The van der Waals surface area contributed by atoms with E-state index >= 15 is 0 Å². The summed E-state index contributed by atoms with van der Waals surface area (Å²) in [4.78, 5) is 0. The van der Waals surface area contributed by atoms with Crippen LogP contribution >= 0.6 is 0 Å². The van der Waals surface area contributed by atoms with Crippen LogP contribution in [-0.2, 0) is 5.41 Å². The monoisotopic (exact) mass is 428 g/mol. The highest BCUT2D eigenvalue weighted by molar-refractivity contribution is 5.71. The molecule has 0 N–H and O–H groups in total. The second-order valence-corrected chi connectivity index (χ2v) is 9.36. The highest BCUT2D eigenvalue weighted by atomic mass is 14.3. The standard InChI is InChI=1S/C33H32/c1-25-7-5-9-29(23-25)13-11-27-15-19-31(20-16-27)33(3,4)32-21-17-28(18-22-32)12-14-30-10-6-8-26(2)24-30/h5-24H,1-4H3. The molecule has 0 radical (unpaired) electrons. The van der Waals surface area contributed by atoms with Crippen molar-refractivity contribution in [2.45, 2.75) is 33.1 Å². The van der Waals surface area contributed by atoms with Gasteiger partial charge in [0, 0.05) is 5.41 Å². The zero-order valence-electron chi connectivity index (χ0n) is 20.0. The molecule has 0 unspecified atom stereocenters. The van der Waals surface area contributed by atoms with Crippen molar-refractivity contribution < 1.29 is 0 Å². The molecule has 0 fully saturated rings. The molecule has 0 heterocycles. The number of hydrogen-bond acceptors (Lipinski definition) is 0. The Morgan fingerprint density at radius 3 is 1.18 bits per heavy atom. The van der Waals surface area contributed by atoms with E-state index < -0.39 is 0 Å². The van der Waals surface area contributed by atoms with Crippen molar-refractivity contribution in [2.24, 2.45) is 0 Å². The molecule has 0 aliphatic carbocycles. The zero-order chi connectivity index (χ0) is 23.3. The third kappa shape index (κ3) is 5.79. The Morgan fingerprint density at radius 1 is 0.455 bits per heavy atom. The van der Waals surface area contributed by atoms with Crippen LogP contribution in [-0.4, -0.2) is 0 Å². The van der Waals surface area contributed by atoms with Crippen LogP contribution in [0.3, 0.4) is 0 Å². The van der Waals surface area contributed by atoms with Gasteiger partial charge in [0.1, 0.15) is 0 Å². The lowest BCUT2D eigenvalue weighted by Crippen LogP contribution is -2.18. The fourth-order valence-corrected chi connectivity index (χ4v) is 4.12. The van der Waals surface area contributed by atoms with Gasteiger partial charge in [-0.1, -0.05) is 146 Å². The quantitative estimate of drug-likeness (QED) is 0.269. The van der Waals surface area contributed by atoms with Crippen LogP contribution in [0, 0.1) is 13.8 Å². The molecular formula is C33H32. The van der Waals surface area contributed by atoms with E-state index in [2.05, 4.69) is 149 Å². The van der Waals surface area contributed by atoms with Gasteiger partial charge in [-0.25, -0.2) is 0 Å². The number of hydrogen-bond donors (Lipinski definition) is 0. The molecule has 4 aromatic rings. The van der Waals surface area contributed by atoms with Crippen molar-refractivity contribution in [3.05, 3.63) is 142 Å². The second-order valence-electron chi connectivity index (χ2n) is 9.36. The van der Waals surface area contributed by atoms with Gasteiger partial charge in [0.15, 0.2) is 0 Å². The van der Waals surface area contributed by atoms with Gasteiger partial charge < -0.3 is 0 Å². The van der Waals surface area contributed by atoms with Crippen LogP contribution in [0.5, 0.6) is 0 Å². The summed E-state index contributed by atoms with van der Waals surface area (Å²) >= 11 is 0. The van der Waals surface area contributed by atoms with E-state index in [9.17, 15) is 0 Å². The summed E-state index contributed by atoms with van der Waals surface area (Å²) < 4.78 is 0. The summed E-state index contributed by atoms with van der Waals surface area (Å²) in [6, 6.07) is 35.0. The first-order valence-corrected chi connectivity index (χ1v) is 11.6. The summed E-state index contributed by atoms with van der Waals surface area (Å²) in [7, 11) is 0. The van der Waals surface area contributed by atoms with Crippen molar-refractivity contribution in [1.82, 2.24) is 0 Å². The van der Waals surface area contributed by atoms with E-state index in [0.29, 0.717) is 0 Å². The predicted molar refractivity (Wildman–Crippen MR) is 145 cm³/mol.